The third kappa shape index (κ3) is 1.64. The van der Waals surface area contributed by atoms with E-state index in [0.29, 0.717) is 17.3 Å². The van der Waals surface area contributed by atoms with Crippen molar-refractivity contribution >= 4 is 0 Å². The maximum Gasteiger partial charge on any atom is 0.0307 e. The molecule has 0 aromatic rings. The minimum Gasteiger partial charge on any atom is -0.0995 e. The van der Waals surface area contributed by atoms with Crippen molar-refractivity contribution < 1.29 is 0 Å². The molecule has 0 saturated heterocycles. The Bertz CT molecular complexity index is 532. The molecule has 0 radical (unpaired) electrons. The summed E-state index contributed by atoms with van der Waals surface area (Å²) in [6, 6.07) is 0. The quantitative estimate of drug-likeness (QED) is 0.425. The van der Waals surface area contributed by atoms with Gasteiger partial charge in [-0.05, 0) is 66.6 Å². The smallest absolute Gasteiger partial charge is 0.0307 e. The SMILES string of the molecule is C=C1CCC(C)C(C)C2C1C1C#CC3C(C)CCC3(C)C12. The molecule has 9 unspecified atom stereocenters. The third-order valence-corrected chi connectivity index (χ3v) is 8.08. The van der Waals surface area contributed by atoms with Crippen LogP contribution in [0.1, 0.15) is 53.4 Å². The first-order valence-corrected chi connectivity index (χ1v) is 9.14. The van der Waals surface area contributed by atoms with E-state index in [2.05, 4.69) is 46.1 Å². The number of hydrogen-bond acceptors (Lipinski definition) is 0. The van der Waals surface area contributed by atoms with Crippen LogP contribution in [0.5, 0.6) is 0 Å². The second kappa shape index (κ2) is 4.41. The van der Waals surface area contributed by atoms with Gasteiger partial charge in [-0.15, -0.1) is 0 Å². The van der Waals surface area contributed by atoms with Gasteiger partial charge >= 0.3 is 0 Å². The molecule has 0 spiro atoms. The molecule has 9 atom stereocenters. The van der Waals surface area contributed by atoms with Gasteiger partial charge in [0.05, 0.1) is 0 Å². The van der Waals surface area contributed by atoms with Crippen LogP contribution < -0.4 is 0 Å². The van der Waals surface area contributed by atoms with E-state index < -0.39 is 0 Å². The van der Waals surface area contributed by atoms with Gasteiger partial charge in [0.2, 0.25) is 0 Å². The lowest BCUT2D eigenvalue weighted by atomic mass is 9.41. The maximum absolute atomic E-state index is 4.47. The highest BCUT2D eigenvalue weighted by Crippen LogP contribution is 2.68. The molecule has 0 heterocycles. The van der Waals surface area contributed by atoms with Gasteiger partial charge in [0.1, 0.15) is 0 Å². The van der Waals surface area contributed by atoms with Gasteiger partial charge in [-0.1, -0.05) is 51.7 Å². The highest BCUT2D eigenvalue weighted by atomic mass is 14.7. The van der Waals surface area contributed by atoms with E-state index in [1.54, 1.807) is 0 Å². The Morgan fingerprint density at radius 3 is 2.62 bits per heavy atom. The maximum atomic E-state index is 4.47. The Kier molecular flexibility index (Phi) is 2.92. The Morgan fingerprint density at radius 1 is 1.10 bits per heavy atom. The molecule has 4 rings (SSSR count). The highest BCUT2D eigenvalue weighted by molar-refractivity contribution is 5.33. The second-order valence-corrected chi connectivity index (χ2v) is 8.98. The van der Waals surface area contributed by atoms with Crippen molar-refractivity contribution in [3.63, 3.8) is 0 Å². The molecule has 0 aromatic heterocycles. The van der Waals surface area contributed by atoms with Crippen LogP contribution in [0.15, 0.2) is 12.2 Å². The average molecular weight is 282 g/mol. The molecule has 3 saturated carbocycles. The Balaban J connectivity index is 1.76. The van der Waals surface area contributed by atoms with E-state index in [4.69, 9.17) is 0 Å². The summed E-state index contributed by atoms with van der Waals surface area (Å²) in [7, 11) is 0. The van der Waals surface area contributed by atoms with Crippen LogP contribution in [0.3, 0.4) is 0 Å². The van der Waals surface area contributed by atoms with Crippen LogP contribution in [0.4, 0.5) is 0 Å². The molecular weight excluding hydrogens is 252 g/mol. The van der Waals surface area contributed by atoms with Crippen LogP contribution in [-0.2, 0) is 0 Å². The van der Waals surface area contributed by atoms with Gasteiger partial charge in [-0.2, -0.15) is 0 Å². The summed E-state index contributed by atoms with van der Waals surface area (Å²) < 4.78 is 0. The van der Waals surface area contributed by atoms with E-state index in [1.165, 1.54) is 31.3 Å². The van der Waals surface area contributed by atoms with Crippen LogP contribution in [0.2, 0.25) is 0 Å². The first-order chi connectivity index (χ1) is 9.95. The van der Waals surface area contributed by atoms with Crippen molar-refractivity contribution in [2.24, 2.45) is 52.8 Å². The van der Waals surface area contributed by atoms with E-state index in [1.807, 2.05) is 0 Å². The zero-order valence-electron chi connectivity index (χ0n) is 14.2. The van der Waals surface area contributed by atoms with Crippen LogP contribution in [0.25, 0.3) is 0 Å². The number of rotatable bonds is 0. The minimum atomic E-state index is 0.495. The van der Waals surface area contributed by atoms with E-state index in [-0.39, 0.29) is 0 Å². The summed E-state index contributed by atoms with van der Waals surface area (Å²) in [5, 5.41) is 0. The predicted octanol–water partition coefficient (Wildman–Crippen LogP) is 5.16. The molecule has 4 aliphatic rings. The standard InChI is InChI=1S/C21H30/c1-12-6-7-14(3)18-16-8-9-17-13(2)10-11-21(17,5)20(16)19(18)15(12)4/h12-13,15-20H,3,6-7,10-11H2,1-2,4-5H3. The number of hydrogen-bond donors (Lipinski definition) is 0. The lowest BCUT2D eigenvalue weighted by Gasteiger charge is -2.61. The van der Waals surface area contributed by atoms with Gasteiger partial charge in [0.15, 0.2) is 0 Å². The van der Waals surface area contributed by atoms with Crippen molar-refractivity contribution in [1.82, 2.24) is 0 Å². The summed E-state index contributed by atoms with van der Waals surface area (Å²) >= 11 is 0. The van der Waals surface area contributed by atoms with Crippen LogP contribution in [0, 0.1) is 64.6 Å². The number of fused-ring (bicyclic) bond motifs is 6. The Hall–Kier alpha value is -0.700. The van der Waals surface area contributed by atoms with Gasteiger partial charge < -0.3 is 0 Å². The fourth-order valence-electron chi connectivity index (χ4n) is 6.59. The topological polar surface area (TPSA) is 0 Å². The molecule has 0 bridgehead atoms. The highest BCUT2D eigenvalue weighted by Gasteiger charge is 2.64. The molecular formula is C21H30. The minimum absolute atomic E-state index is 0.495. The number of allylic oxidation sites excluding steroid dienone is 1. The summed E-state index contributed by atoms with van der Waals surface area (Å²) in [4.78, 5) is 0. The second-order valence-electron chi connectivity index (χ2n) is 8.98. The first-order valence-electron chi connectivity index (χ1n) is 9.14. The zero-order chi connectivity index (χ0) is 14.9. The first kappa shape index (κ1) is 13.9. The van der Waals surface area contributed by atoms with Crippen LogP contribution in [-0.4, -0.2) is 0 Å². The van der Waals surface area contributed by atoms with Crippen molar-refractivity contribution in [2.75, 3.05) is 0 Å². The monoisotopic (exact) mass is 282 g/mol. The van der Waals surface area contributed by atoms with Crippen molar-refractivity contribution in [1.29, 1.82) is 0 Å². The van der Waals surface area contributed by atoms with E-state index >= 15 is 0 Å². The summed E-state index contributed by atoms with van der Waals surface area (Å²) in [5.41, 5.74) is 2.02. The molecule has 0 aromatic carbocycles. The molecule has 0 nitrogen and oxygen atoms in total. The molecule has 21 heavy (non-hydrogen) atoms. The fourth-order valence-corrected chi connectivity index (χ4v) is 6.59. The van der Waals surface area contributed by atoms with Crippen molar-refractivity contribution in [3.05, 3.63) is 12.2 Å². The average Bonchev–Trinajstić information content (AvgIpc) is 2.67. The molecule has 0 aliphatic heterocycles. The van der Waals surface area contributed by atoms with Crippen molar-refractivity contribution in [3.8, 4) is 11.8 Å². The lowest BCUT2D eigenvalue weighted by Crippen LogP contribution is -2.59. The summed E-state index contributed by atoms with van der Waals surface area (Å²) in [6.07, 6.45) is 5.39. The van der Waals surface area contributed by atoms with Gasteiger partial charge in [0, 0.05) is 11.8 Å². The Labute approximate surface area is 130 Å². The third-order valence-electron chi connectivity index (χ3n) is 8.08. The van der Waals surface area contributed by atoms with E-state index in [9.17, 15) is 0 Å². The summed E-state index contributed by atoms with van der Waals surface area (Å²) in [6.45, 7) is 14.5. The van der Waals surface area contributed by atoms with Crippen molar-refractivity contribution in [2.45, 2.75) is 53.4 Å². The molecule has 0 heteroatoms. The largest absolute Gasteiger partial charge is 0.0995 e. The zero-order valence-corrected chi connectivity index (χ0v) is 14.2. The van der Waals surface area contributed by atoms with Gasteiger partial charge in [0.25, 0.3) is 0 Å². The van der Waals surface area contributed by atoms with E-state index in [0.717, 1.165) is 35.5 Å². The molecule has 0 amide bonds. The fraction of sp³-hybridized carbons (Fsp3) is 0.810. The molecule has 4 aliphatic carbocycles. The molecule has 114 valence electrons. The normalized spacial score (nSPS) is 58.0. The van der Waals surface area contributed by atoms with Crippen LogP contribution >= 0.6 is 0 Å². The molecule has 0 N–H and O–H groups in total. The summed E-state index contributed by atoms with van der Waals surface area (Å²) in [5.74, 6) is 13.7. The lowest BCUT2D eigenvalue weighted by molar-refractivity contribution is -0.103. The van der Waals surface area contributed by atoms with Gasteiger partial charge in [-0.3, -0.25) is 0 Å². The van der Waals surface area contributed by atoms with Gasteiger partial charge in [-0.25, -0.2) is 0 Å². The Morgan fingerprint density at radius 2 is 1.86 bits per heavy atom. The predicted molar refractivity (Wildman–Crippen MR) is 88.4 cm³/mol. The molecule has 3 fully saturated rings.